The average Bonchev–Trinajstić information content (AvgIpc) is 3.23. The van der Waals surface area contributed by atoms with Crippen LogP contribution in [0, 0.1) is 18.2 Å². The maximum absolute atomic E-state index is 13.7. The minimum Gasteiger partial charge on any atom is -0.294 e. The Hall–Kier alpha value is -2.57. The van der Waals surface area contributed by atoms with E-state index in [0.29, 0.717) is 12.8 Å². The van der Waals surface area contributed by atoms with Gasteiger partial charge in [-0.1, -0.05) is 0 Å². The van der Waals surface area contributed by atoms with Gasteiger partial charge in [-0.3, -0.25) is 29.4 Å². The Kier molecular flexibility index (Phi) is 2.59. The summed E-state index contributed by atoms with van der Waals surface area (Å²) >= 11 is 0. The Labute approximate surface area is 130 Å². The van der Waals surface area contributed by atoms with Crippen LogP contribution in [-0.4, -0.2) is 34.6 Å². The fraction of sp³-hybridized carbons (Fsp3) is 0.375. The highest BCUT2D eigenvalue weighted by atomic mass is 19.1. The van der Waals surface area contributed by atoms with Gasteiger partial charge in [-0.05, 0) is 43.9 Å². The number of halogens is 1. The largest absolute Gasteiger partial charge is 0.294 e. The molecule has 2 aliphatic heterocycles. The smallest absolute Gasteiger partial charge is 0.262 e. The van der Waals surface area contributed by atoms with E-state index in [1.165, 1.54) is 13.0 Å². The summed E-state index contributed by atoms with van der Waals surface area (Å²) in [5.41, 5.74) is -0.446. The van der Waals surface area contributed by atoms with Crippen LogP contribution in [0.25, 0.3) is 0 Å². The lowest BCUT2D eigenvalue weighted by molar-refractivity contribution is -0.141. The van der Waals surface area contributed by atoms with Crippen LogP contribution < -0.4 is 5.32 Å². The molecule has 1 spiro atoms. The van der Waals surface area contributed by atoms with Crippen molar-refractivity contribution in [1.29, 1.82) is 0 Å². The van der Waals surface area contributed by atoms with E-state index in [2.05, 4.69) is 5.32 Å². The minimum atomic E-state index is -1.02. The highest BCUT2D eigenvalue weighted by Crippen LogP contribution is 2.52. The highest BCUT2D eigenvalue weighted by Gasteiger charge is 2.58. The van der Waals surface area contributed by atoms with Crippen molar-refractivity contribution in [3.63, 3.8) is 0 Å². The van der Waals surface area contributed by atoms with Crippen LogP contribution in [0.1, 0.15) is 45.5 Å². The van der Waals surface area contributed by atoms with E-state index in [4.69, 9.17) is 0 Å². The van der Waals surface area contributed by atoms with Crippen LogP contribution in [0.5, 0.6) is 0 Å². The van der Waals surface area contributed by atoms with Crippen molar-refractivity contribution in [3.8, 4) is 0 Å². The van der Waals surface area contributed by atoms with Crippen molar-refractivity contribution in [2.45, 2.75) is 32.2 Å². The summed E-state index contributed by atoms with van der Waals surface area (Å²) in [5.74, 6) is -2.85. The summed E-state index contributed by atoms with van der Waals surface area (Å²) in [6.45, 7) is 1.43. The molecule has 3 aliphatic rings. The van der Waals surface area contributed by atoms with Gasteiger partial charge in [-0.2, -0.15) is 0 Å². The van der Waals surface area contributed by atoms with Gasteiger partial charge in [0.05, 0.1) is 16.5 Å². The monoisotopic (exact) mass is 316 g/mol. The van der Waals surface area contributed by atoms with Gasteiger partial charge in [-0.15, -0.1) is 0 Å². The molecule has 1 saturated heterocycles. The van der Waals surface area contributed by atoms with Crippen molar-refractivity contribution in [2.24, 2.45) is 5.41 Å². The molecule has 1 unspecified atom stereocenters. The second kappa shape index (κ2) is 4.24. The van der Waals surface area contributed by atoms with E-state index in [9.17, 15) is 23.6 Å². The first-order valence-corrected chi connectivity index (χ1v) is 7.38. The molecule has 1 atom stereocenters. The number of hydrogen-bond acceptors (Lipinski definition) is 4. The zero-order valence-electron chi connectivity index (χ0n) is 12.3. The van der Waals surface area contributed by atoms with Gasteiger partial charge in [0, 0.05) is 0 Å². The number of nitrogens with zero attached hydrogens (tertiary/aromatic N) is 1. The summed E-state index contributed by atoms with van der Waals surface area (Å²) in [5, 5.41) is 2.25. The number of carbonyl (C=O) groups excluding carboxylic acids is 4. The number of piperidine rings is 1. The van der Waals surface area contributed by atoms with Gasteiger partial charge in [-0.25, -0.2) is 4.39 Å². The van der Waals surface area contributed by atoms with Gasteiger partial charge in [0.1, 0.15) is 11.9 Å². The summed E-state index contributed by atoms with van der Waals surface area (Å²) in [4.78, 5) is 50.0. The minimum absolute atomic E-state index is 0.00421. The first kappa shape index (κ1) is 14.0. The van der Waals surface area contributed by atoms with Gasteiger partial charge in [0.15, 0.2) is 0 Å². The summed E-state index contributed by atoms with van der Waals surface area (Å²) in [6.07, 6.45) is 1.42. The third-order valence-corrected chi connectivity index (χ3v) is 5.05. The van der Waals surface area contributed by atoms with Gasteiger partial charge in [0.25, 0.3) is 11.8 Å². The number of nitrogens with one attached hydrogen (secondary N) is 1. The summed E-state index contributed by atoms with van der Waals surface area (Å²) in [6, 6.07) is 1.37. The highest BCUT2D eigenvalue weighted by molar-refractivity contribution is 6.24. The molecule has 1 N–H and O–H groups in total. The van der Waals surface area contributed by atoms with E-state index < -0.39 is 35.0 Å². The quantitative estimate of drug-likeness (QED) is 0.781. The van der Waals surface area contributed by atoms with Gasteiger partial charge in [0.2, 0.25) is 11.8 Å². The number of carbonyl (C=O) groups is 4. The first-order valence-electron chi connectivity index (χ1n) is 7.38. The standard InChI is InChI=1S/C16H13FN2O4/c1-7-9(17)3-2-8-11(7)14(22)19(13(8)21)10-6-16(4-5-16)15(23)18-12(10)20/h2-3,10H,4-6H2,1H3,(H,18,20,23). The van der Waals surface area contributed by atoms with E-state index in [0.717, 1.165) is 11.0 Å². The molecule has 0 bridgehead atoms. The Morgan fingerprint density at radius 1 is 1.17 bits per heavy atom. The molecule has 7 heteroatoms. The van der Waals surface area contributed by atoms with E-state index in [1.54, 1.807) is 0 Å². The van der Waals surface area contributed by atoms with Crippen LogP contribution in [0.4, 0.5) is 4.39 Å². The average molecular weight is 316 g/mol. The predicted octanol–water partition coefficient (Wildman–Crippen LogP) is 0.925. The Bertz CT molecular complexity index is 813. The molecule has 1 aromatic rings. The van der Waals surface area contributed by atoms with Crippen molar-refractivity contribution >= 4 is 23.6 Å². The number of benzene rings is 1. The number of amides is 4. The number of imide groups is 2. The molecule has 1 saturated carbocycles. The van der Waals surface area contributed by atoms with Gasteiger partial charge < -0.3 is 0 Å². The second-order valence-electron chi connectivity index (χ2n) is 6.39. The topological polar surface area (TPSA) is 83.6 Å². The van der Waals surface area contributed by atoms with Crippen LogP contribution >= 0.6 is 0 Å². The third kappa shape index (κ3) is 1.73. The number of hydrogen-bond donors (Lipinski definition) is 1. The van der Waals surface area contributed by atoms with E-state index in [-0.39, 0.29) is 29.0 Å². The molecular weight excluding hydrogens is 303 g/mol. The van der Waals surface area contributed by atoms with Crippen LogP contribution in [-0.2, 0) is 9.59 Å². The van der Waals surface area contributed by atoms with Crippen LogP contribution in [0.3, 0.4) is 0 Å². The first-order chi connectivity index (χ1) is 10.9. The molecule has 1 aliphatic carbocycles. The second-order valence-corrected chi connectivity index (χ2v) is 6.39. The normalized spacial score (nSPS) is 25.0. The van der Waals surface area contributed by atoms with E-state index in [1.807, 2.05) is 0 Å². The van der Waals surface area contributed by atoms with Gasteiger partial charge >= 0.3 is 0 Å². The number of rotatable bonds is 1. The Morgan fingerprint density at radius 3 is 2.52 bits per heavy atom. The van der Waals surface area contributed by atoms with Crippen molar-refractivity contribution < 1.29 is 23.6 Å². The summed E-state index contributed by atoms with van der Waals surface area (Å²) in [7, 11) is 0. The molecule has 0 radical (unpaired) electrons. The predicted molar refractivity (Wildman–Crippen MR) is 74.9 cm³/mol. The molecule has 118 valence electrons. The Balaban J connectivity index is 1.75. The third-order valence-electron chi connectivity index (χ3n) is 5.05. The molecule has 2 fully saturated rings. The lowest BCUT2D eigenvalue weighted by Gasteiger charge is -2.32. The molecule has 2 heterocycles. The molecular formula is C16H13FN2O4. The van der Waals surface area contributed by atoms with Crippen molar-refractivity contribution in [2.75, 3.05) is 0 Å². The molecule has 1 aromatic carbocycles. The molecule has 4 amide bonds. The lowest BCUT2D eigenvalue weighted by atomic mass is 9.90. The SMILES string of the molecule is Cc1c(F)ccc2c1C(=O)N(C1CC3(CC3)C(=O)NC1=O)C2=O. The molecule has 4 rings (SSSR count). The molecule has 23 heavy (non-hydrogen) atoms. The zero-order chi connectivity index (χ0) is 16.5. The van der Waals surface area contributed by atoms with E-state index >= 15 is 0 Å². The lowest BCUT2D eigenvalue weighted by Crippen LogP contribution is -2.58. The Morgan fingerprint density at radius 2 is 1.87 bits per heavy atom. The molecule has 0 aromatic heterocycles. The number of fused-ring (bicyclic) bond motifs is 1. The molecule has 6 nitrogen and oxygen atoms in total. The van der Waals surface area contributed by atoms with Crippen LogP contribution in [0.2, 0.25) is 0 Å². The van der Waals surface area contributed by atoms with Crippen molar-refractivity contribution in [3.05, 3.63) is 34.6 Å². The maximum Gasteiger partial charge on any atom is 0.262 e. The fourth-order valence-electron chi connectivity index (χ4n) is 3.44. The van der Waals surface area contributed by atoms with Crippen molar-refractivity contribution in [1.82, 2.24) is 10.2 Å². The summed E-state index contributed by atoms with van der Waals surface area (Å²) < 4.78 is 13.7. The zero-order valence-corrected chi connectivity index (χ0v) is 12.3. The van der Waals surface area contributed by atoms with Crippen LogP contribution in [0.15, 0.2) is 12.1 Å². The fourth-order valence-corrected chi connectivity index (χ4v) is 3.44. The maximum atomic E-state index is 13.7.